The van der Waals surface area contributed by atoms with Gasteiger partial charge in [-0.3, -0.25) is 4.79 Å². The van der Waals surface area contributed by atoms with Gasteiger partial charge in [0, 0.05) is 20.3 Å². The molecule has 0 aliphatic rings. The van der Waals surface area contributed by atoms with Gasteiger partial charge in [-0.1, -0.05) is 0 Å². The van der Waals surface area contributed by atoms with E-state index in [1.165, 1.54) is 23.2 Å². The summed E-state index contributed by atoms with van der Waals surface area (Å²) in [5.74, 6) is -1.30. The molecule has 0 spiro atoms. The Labute approximate surface area is 81.0 Å². The molecule has 74 valence electrons. The summed E-state index contributed by atoms with van der Waals surface area (Å²) in [7, 11) is 3.24. The van der Waals surface area contributed by atoms with Crippen molar-refractivity contribution >= 4 is 11.9 Å². The molecule has 0 aliphatic heterocycles. The first-order valence-corrected chi connectivity index (χ1v) is 3.93. The zero-order chi connectivity index (χ0) is 10.7. The van der Waals surface area contributed by atoms with Crippen molar-refractivity contribution in [2.45, 2.75) is 0 Å². The Kier molecular flexibility index (Phi) is 2.81. The number of aromatic carboxylic acids is 1. The van der Waals surface area contributed by atoms with Crippen LogP contribution in [0.5, 0.6) is 0 Å². The number of nitrogens with zero attached hydrogens (tertiary/aromatic N) is 2. The lowest BCUT2D eigenvalue weighted by Gasteiger charge is -2.09. The highest BCUT2D eigenvalue weighted by Gasteiger charge is 2.09. The third-order valence-corrected chi connectivity index (χ3v) is 1.64. The molecule has 14 heavy (non-hydrogen) atoms. The minimum Gasteiger partial charge on any atom is -0.477 e. The van der Waals surface area contributed by atoms with Crippen LogP contribution in [0.3, 0.4) is 0 Å². The predicted octanol–water partition coefficient (Wildman–Crippen LogP) is 0.482. The van der Waals surface area contributed by atoms with E-state index in [4.69, 9.17) is 5.11 Å². The monoisotopic (exact) mass is 194 g/mol. The van der Waals surface area contributed by atoms with Gasteiger partial charge in [0.1, 0.15) is 5.69 Å². The lowest BCUT2D eigenvalue weighted by atomic mass is 10.2. The van der Waals surface area contributed by atoms with Gasteiger partial charge in [0.25, 0.3) is 5.91 Å². The fourth-order valence-electron chi connectivity index (χ4n) is 0.905. The highest BCUT2D eigenvalue weighted by molar-refractivity contribution is 5.94. The van der Waals surface area contributed by atoms with Crippen LogP contribution in [0, 0.1) is 0 Å². The van der Waals surface area contributed by atoms with Crippen LogP contribution in [-0.2, 0) is 0 Å². The molecule has 0 saturated heterocycles. The maximum absolute atomic E-state index is 11.4. The average molecular weight is 194 g/mol. The second-order valence-corrected chi connectivity index (χ2v) is 2.94. The topological polar surface area (TPSA) is 70.5 Å². The molecule has 5 heteroatoms. The van der Waals surface area contributed by atoms with Crippen molar-refractivity contribution < 1.29 is 14.7 Å². The van der Waals surface area contributed by atoms with Crippen LogP contribution < -0.4 is 0 Å². The second-order valence-electron chi connectivity index (χ2n) is 2.94. The van der Waals surface area contributed by atoms with E-state index in [1.807, 2.05) is 0 Å². The first-order valence-electron chi connectivity index (χ1n) is 3.93. The number of pyridine rings is 1. The van der Waals surface area contributed by atoms with E-state index in [2.05, 4.69) is 4.98 Å². The molecular formula is C9H10N2O3. The van der Waals surface area contributed by atoms with Gasteiger partial charge in [-0.2, -0.15) is 0 Å². The zero-order valence-electron chi connectivity index (χ0n) is 7.89. The number of aromatic nitrogens is 1. The maximum atomic E-state index is 11.4. The summed E-state index contributed by atoms with van der Waals surface area (Å²) in [5, 5.41) is 8.57. The minimum absolute atomic E-state index is 0.0692. The fraction of sp³-hybridized carbons (Fsp3) is 0.222. The highest BCUT2D eigenvalue weighted by Crippen LogP contribution is 2.02. The van der Waals surface area contributed by atoms with E-state index in [1.54, 1.807) is 14.1 Å². The molecule has 1 rings (SSSR count). The Balaban J connectivity index is 2.94. The van der Waals surface area contributed by atoms with Crippen LogP contribution in [0.15, 0.2) is 18.3 Å². The van der Waals surface area contributed by atoms with E-state index in [0.717, 1.165) is 0 Å². The first kappa shape index (κ1) is 10.2. The zero-order valence-corrected chi connectivity index (χ0v) is 7.89. The molecule has 0 saturated carbocycles. The van der Waals surface area contributed by atoms with Gasteiger partial charge >= 0.3 is 5.97 Å². The number of carbonyl (C=O) groups is 2. The Morgan fingerprint density at radius 1 is 1.36 bits per heavy atom. The van der Waals surface area contributed by atoms with Crippen molar-refractivity contribution in [3.05, 3.63) is 29.6 Å². The maximum Gasteiger partial charge on any atom is 0.354 e. The third kappa shape index (κ3) is 2.07. The third-order valence-electron chi connectivity index (χ3n) is 1.64. The summed E-state index contributed by atoms with van der Waals surface area (Å²) >= 11 is 0. The summed E-state index contributed by atoms with van der Waals surface area (Å²) < 4.78 is 0. The summed E-state index contributed by atoms with van der Waals surface area (Å²) in [6.07, 6.45) is 1.26. The highest BCUT2D eigenvalue weighted by atomic mass is 16.4. The summed E-state index contributed by atoms with van der Waals surface area (Å²) in [6, 6.07) is 2.75. The summed E-state index contributed by atoms with van der Waals surface area (Å²) in [4.78, 5) is 26.9. The SMILES string of the molecule is CN(C)C(=O)c1ccc(C(=O)O)nc1. The molecule has 5 nitrogen and oxygen atoms in total. The quantitative estimate of drug-likeness (QED) is 0.743. The predicted molar refractivity (Wildman–Crippen MR) is 49.2 cm³/mol. The van der Waals surface area contributed by atoms with Crippen molar-refractivity contribution in [1.82, 2.24) is 9.88 Å². The molecule has 0 fully saturated rings. The van der Waals surface area contributed by atoms with Gasteiger partial charge in [0.2, 0.25) is 0 Å². The Morgan fingerprint density at radius 2 is 2.00 bits per heavy atom. The van der Waals surface area contributed by atoms with Crippen molar-refractivity contribution in [2.75, 3.05) is 14.1 Å². The van der Waals surface area contributed by atoms with E-state index >= 15 is 0 Å². The van der Waals surface area contributed by atoms with Crippen molar-refractivity contribution in [3.63, 3.8) is 0 Å². The van der Waals surface area contributed by atoms with Gasteiger partial charge in [-0.15, -0.1) is 0 Å². The molecule has 1 N–H and O–H groups in total. The standard InChI is InChI=1S/C9H10N2O3/c1-11(2)8(12)6-3-4-7(9(13)14)10-5-6/h3-5H,1-2H3,(H,13,14). The summed E-state index contributed by atoms with van der Waals surface area (Å²) in [5.41, 5.74) is 0.306. The normalized spacial score (nSPS) is 9.57. The Morgan fingerprint density at radius 3 is 2.36 bits per heavy atom. The van der Waals surface area contributed by atoms with Gasteiger partial charge in [0.05, 0.1) is 5.56 Å². The summed E-state index contributed by atoms with van der Waals surface area (Å²) in [6.45, 7) is 0. The van der Waals surface area contributed by atoms with Crippen LogP contribution in [0.1, 0.15) is 20.8 Å². The second kappa shape index (κ2) is 3.87. The molecular weight excluding hydrogens is 184 g/mol. The molecule has 1 heterocycles. The van der Waals surface area contributed by atoms with Crippen LogP contribution in [0.2, 0.25) is 0 Å². The number of rotatable bonds is 2. The van der Waals surface area contributed by atoms with Gasteiger partial charge in [-0.25, -0.2) is 9.78 Å². The van der Waals surface area contributed by atoms with Gasteiger partial charge in [-0.05, 0) is 12.1 Å². The van der Waals surface area contributed by atoms with Gasteiger partial charge in [0.15, 0.2) is 0 Å². The molecule has 0 atom stereocenters. The smallest absolute Gasteiger partial charge is 0.354 e. The lowest BCUT2D eigenvalue weighted by molar-refractivity contribution is 0.0689. The Bertz CT molecular complexity index is 357. The van der Waals surface area contributed by atoms with Crippen molar-refractivity contribution in [1.29, 1.82) is 0 Å². The molecule has 1 aromatic rings. The molecule has 0 unspecified atom stereocenters. The number of hydrogen-bond acceptors (Lipinski definition) is 3. The average Bonchev–Trinajstić information content (AvgIpc) is 2.16. The van der Waals surface area contributed by atoms with Crippen molar-refractivity contribution in [3.8, 4) is 0 Å². The first-order chi connectivity index (χ1) is 6.52. The number of hydrogen-bond donors (Lipinski definition) is 1. The van der Waals surface area contributed by atoms with Crippen LogP contribution >= 0.6 is 0 Å². The number of amides is 1. The fourth-order valence-corrected chi connectivity index (χ4v) is 0.905. The van der Waals surface area contributed by atoms with E-state index < -0.39 is 5.97 Å². The van der Waals surface area contributed by atoms with Crippen molar-refractivity contribution in [2.24, 2.45) is 0 Å². The lowest BCUT2D eigenvalue weighted by Crippen LogP contribution is -2.21. The van der Waals surface area contributed by atoms with Gasteiger partial charge < -0.3 is 10.0 Å². The van der Waals surface area contributed by atoms with Crippen LogP contribution in [0.4, 0.5) is 0 Å². The number of carboxylic acid groups (broad SMARTS) is 1. The minimum atomic E-state index is -1.10. The molecule has 0 bridgehead atoms. The molecule has 1 amide bonds. The molecule has 1 aromatic heterocycles. The largest absolute Gasteiger partial charge is 0.477 e. The number of carbonyl (C=O) groups excluding carboxylic acids is 1. The molecule has 0 radical (unpaired) electrons. The molecule has 0 aromatic carbocycles. The Hall–Kier alpha value is -1.91. The van der Waals surface area contributed by atoms with Crippen LogP contribution in [0.25, 0.3) is 0 Å². The molecule has 0 aliphatic carbocycles. The van der Waals surface area contributed by atoms with E-state index in [9.17, 15) is 9.59 Å². The number of carboxylic acids is 1. The van der Waals surface area contributed by atoms with E-state index in [-0.39, 0.29) is 11.6 Å². The van der Waals surface area contributed by atoms with E-state index in [0.29, 0.717) is 5.56 Å². The van der Waals surface area contributed by atoms with Crippen LogP contribution in [-0.4, -0.2) is 41.0 Å².